The van der Waals surface area contributed by atoms with Crippen LogP contribution < -0.4 is 4.90 Å². The second-order valence-corrected chi connectivity index (χ2v) is 5.39. The van der Waals surface area contributed by atoms with E-state index in [2.05, 4.69) is 25.9 Å². The zero-order valence-corrected chi connectivity index (χ0v) is 12.0. The number of nitrogens with zero attached hydrogens (tertiary/aromatic N) is 4. The number of anilines is 1. The second kappa shape index (κ2) is 6.18. The van der Waals surface area contributed by atoms with Gasteiger partial charge in [-0.05, 0) is 49.1 Å². The molecule has 20 heavy (non-hydrogen) atoms. The van der Waals surface area contributed by atoms with Gasteiger partial charge in [0.25, 0.3) is 0 Å². The highest BCUT2D eigenvalue weighted by molar-refractivity contribution is 6.28. The number of hydrogen-bond acceptors (Lipinski definition) is 4. The molecule has 0 spiro atoms. The van der Waals surface area contributed by atoms with E-state index in [1.807, 2.05) is 24.4 Å². The molecule has 0 radical (unpaired) electrons. The maximum Gasteiger partial charge on any atom is 0.224 e. The van der Waals surface area contributed by atoms with Gasteiger partial charge in [-0.3, -0.25) is 4.98 Å². The lowest BCUT2D eigenvalue weighted by Gasteiger charge is -2.36. The summed E-state index contributed by atoms with van der Waals surface area (Å²) in [5.74, 6) is 0.922. The third kappa shape index (κ3) is 3.07. The summed E-state index contributed by atoms with van der Waals surface area (Å²) in [6.45, 7) is 1.02. The molecule has 1 unspecified atom stereocenters. The van der Waals surface area contributed by atoms with Crippen LogP contribution in [0.2, 0.25) is 5.28 Å². The molecule has 1 atom stereocenters. The largest absolute Gasteiger partial charge is 0.353 e. The van der Waals surface area contributed by atoms with Gasteiger partial charge in [-0.1, -0.05) is 6.07 Å². The molecule has 0 saturated carbocycles. The lowest BCUT2D eigenvalue weighted by atomic mass is 9.97. The Kier molecular flexibility index (Phi) is 4.11. The zero-order valence-electron chi connectivity index (χ0n) is 11.2. The molecule has 0 bridgehead atoms. The number of hydrogen-bond donors (Lipinski definition) is 0. The van der Waals surface area contributed by atoms with Crippen molar-refractivity contribution in [1.82, 2.24) is 15.0 Å². The first kappa shape index (κ1) is 13.3. The Morgan fingerprint density at radius 3 is 2.90 bits per heavy atom. The molecule has 3 heterocycles. The Hall–Kier alpha value is -1.68. The van der Waals surface area contributed by atoms with Gasteiger partial charge in [0, 0.05) is 37.1 Å². The quantitative estimate of drug-likeness (QED) is 0.814. The van der Waals surface area contributed by atoms with Crippen molar-refractivity contribution < 1.29 is 0 Å². The fourth-order valence-corrected chi connectivity index (χ4v) is 2.90. The Morgan fingerprint density at radius 2 is 2.10 bits per heavy atom. The third-order valence-corrected chi connectivity index (χ3v) is 3.89. The molecule has 2 aromatic rings. The van der Waals surface area contributed by atoms with Crippen LogP contribution in [-0.2, 0) is 6.42 Å². The maximum absolute atomic E-state index is 5.91. The van der Waals surface area contributed by atoms with Crippen LogP contribution in [-0.4, -0.2) is 27.5 Å². The number of rotatable bonds is 3. The monoisotopic (exact) mass is 288 g/mol. The molecule has 2 aromatic heterocycles. The number of aromatic nitrogens is 3. The minimum atomic E-state index is 0.310. The highest BCUT2D eigenvalue weighted by Crippen LogP contribution is 2.25. The van der Waals surface area contributed by atoms with Gasteiger partial charge < -0.3 is 4.90 Å². The molecule has 0 aromatic carbocycles. The molecule has 104 valence electrons. The standard InChI is InChI=1S/C15H17ClN4/c16-15-18-9-7-14(19-15)20-10-4-2-6-13(20)11-12-5-1-3-8-17-12/h1,3,5,7-9,13H,2,4,6,10-11H2. The minimum Gasteiger partial charge on any atom is -0.353 e. The first-order valence-electron chi connectivity index (χ1n) is 6.98. The van der Waals surface area contributed by atoms with Crippen LogP contribution in [0.4, 0.5) is 5.82 Å². The van der Waals surface area contributed by atoms with Gasteiger partial charge in [0.05, 0.1) is 0 Å². The topological polar surface area (TPSA) is 41.9 Å². The third-order valence-electron chi connectivity index (χ3n) is 3.70. The summed E-state index contributed by atoms with van der Waals surface area (Å²) >= 11 is 5.91. The molecular formula is C15H17ClN4. The van der Waals surface area contributed by atoms with E-state index < -0.39 is 0 Å². The van der Waals surface area contributed by atoms with Gasteiger partial charge in [-0.15, -0.1) is 0 Å². The molecule has 3 rings (SSSR count). The van der Waals surface area contributed by atoms with Crippen LogP contribution in [0, 0.1) is 0 Å². The Balaban J connectivity index is 1.80. The summed E-state index contributed by atoms with van der Waals surface area (Å²) in [5, 5.41) is 0.310. The Bertz CT molecular complexity index is 561. The normalized spacial score (nSPS) is 19.1. The van der Waals surface area contributed by atoms with Crippen molar-refractivity contribution in [3.63, 3.8) is 0 Å². The van der Waals surface area contributed by atoms with Gasteiger partial charge in [-0.25, -0.2) is 9.97 Å². The molecule has 1 aliphatic rings. The summed E-state index contributed by atoms with van der Waals surface area (Å²) < 4.78 is 0. The van der Waals surface area contributed by atoms with Crippen molar-refractivity contribution >= 4 is 17.4 Å². The average Bonchev–Trinajstić information content (AvgIpc) is 2.49. The van der Waals surface area contributed by atoms with Crippen molar-refractivity contribution in [1.29, 1.82) is 0 Å². The van der Waals surface area contributed by atoms with Crippen LogP contribution in [0.5, 0.6) is 0 Å². The van der Waals surface area contributed by atoms with E-state index in [9.17, 15) is 0 Å². The zero-order chi connectivity index (χ0) is 13.8. The molecule has 4 nitrogen and oxygen atoms in total. The lowest BCUT2D eigenvalue weighted by molar-refractivity contribution is 0.451. The average molecular weight is 289 g/mol. The SMILES string of the molecule is Clc1nccc(N2CCCCC2Cc2ccccn2)n1. The van der Waals surface area contributed by atoms with Crippen LogP contribution in [0.15, 0.2) is 36.7 Å². The summed E-state index contributed by atoms with van der Waals surface area (Å²) in [5.41, 5.74) is 1.13. The van der Waals surface area contributed by atoms with Crippen molar-refractivity contribution in [2.75, 3.05) is 11.4 Å². The van der Waals surface area contributed by atoms with E-state index >= 15 is 0 Å². The number of pyridine rings is 1. The summed E-state index contributed by atoms with van der Waals surface area (Å²) in [6, 6.07) is 8.44. The molecule has 0 aliphatic carbocycles. The van der Waals surface area contributed by atoms with Crippen molar-refractivity contribution in [2.24, 2.45) is 0 Å². The molecule has 1 aliphatic heterocycles. The predicted octanol–water partition coefficient (Wildman–Crippen LogP) is 3.13. The van der Waals surface area contributed by atoms with E-state index in [-0.39, 0.29) is 0 Å². The van der Waals surface area contributed by atoms with Gasteiger partial charge >= 0.3 is 0 Å². The smallest absolute Gasteiger partial charge is 0.224 e. The van der Waals surface area contributed by atoms with Crippen molar-refractivity contribution in [2.45, 2.75) is 31.7 Å². The highest BCUT2D eigenvalue weighted by Gasteiger charge is 2.24. The van der Waals surface area contributed by atoms with Crippen molar-refractivity contribution in [3.05, 3.63) is 47.6 Å². The Labute approximate surface area is 123 Å². The van der Waals surface area contributed by atoms with E-state index in [0.29, 0.717) is 11.3 Å². The summed E-state index contributed by atoms with van der Waals surface area (Å²) in [4.78, 5) is 15.1. The van der Waals surface area contributed by atoms with Crippen molar-refractivity contribution in [3.8, 4) is 0 Å². The van der Waals surface area contributed by atoms with Crippen LogP contribution in [0.1, 0.15) is 25.0 Å². The predicted molar refractivity (Wildman–Crippen MR) is 80.0 cm³/mol. The minimum absolute atomic E-state index is 0.310. The number of piperidine rings is 1. The van der Waals surface area contributed by atoms with Gasteiger partial charge in [0.2, 0.25) is 5.28 Å². The number of halogens is 1. The highest BCUT2D eigenvalue weighted by atomic mass is 35.5. The first-order chi connectivity index (χ1) is 9.83. The maximum atomic E-state index is 5.91. The Morgan fingerprint density at radius 1 is 1.15 bits per heavy atom. The molecular weight excluding hydrogens is 272 g/mol. The van der Waals surface area contributed by atoms with E-state index in [4.69, 9.17) is 11.6 Å². The fourth-order valence-electron chi connectivity index (χ4n) is 2.76. The van der Waals surface area contributed by atoms with Crippen LogP contribution in [0.3, 0.4) is 0 Å². The second-order valence-electron chi connectivity index (χ2n) is 5.05. The fraction of sp³-hybridized carbons (Fsp3) is 0.400. The molecule has 0 amide bonds. The van der Waals surface area contributed by atoms with Gasteiger partial charge in [0.1, 0.15) is 5.82 Å². The molecule has 1 fully saturated rings. The molecule has 1 saturated heterocycles. The van der Waals surface area contributed by atoms with Crippen LogP contribution in [0.25, 0.3) is 0 Å². The first-order valence-corrected chi connectivity index (χ1v) is 7.36. The van der Waals surface area contributed by atoms with E-state index in [1.54, 1.807) is 6.20 Å². The van der Waals surface area contributed by atoms with E-state index in [0.717, 1.165) is 30.9 Å². The van der Waals surface area contributed by atoms with E-state index in [1.165, 1.54) is 12.8 Å². The summed E-state index contributed by atoms with van der Waals surface area (Å²) in [7, 11) is 0. The molecule has 0 N–H and O–H groups in total. The molecule has 5 heteroatoms. The lowest BCUT2D eigenvalue weighted by Crippen LogP contribution is -2.41. The van der Waals surface area contributed by atoms with Gasteiger partial charge in [0.15, 0.2) is 0 Å². The summed E-state index contributed by atoms with van der Waals surface area (Å²) in [6.07, 6.45) is 8.13. The van der Waals surface area contributed by atoms with Crippen LogP contribution >= 0.6 is 11.6 Å². The van der Waals surface area contributed by atoms with Gasteiger partial charge in [-0.2, -0.15) is 0 Å².